The zero-order valence-corrected chi connectivity index (χ0v) is 14.3. The number of H-pyrrole nitrogens is 1. The van der Waals surface area contributed by atoms with Crippen molar-refractivity contribution in [2.45, 2.75) is 6.92 Å². The van der Waals surface area contributed by atoms with E-state index in [1.54, 1.807) is 19.3 Å². The maximum atomic E-state index is 13.6. The average molecular weight is 357 g/mol. The highest BCUT2D eigenvalue weighted by Gasteiger charge is 2.25. The number of amides is 1. The number of anilines is 1. The van der Waals surface area contributed by atoms with E-state index in [1.165, 1.54) is 12.1 Å². The topological polar surface area (TPSA) is 54.1 Å². The quantitative estimate of drug-likeness (QED) is 0.650. The largest absolute Gasteiger partial charge is 0.496 e. The Morgan fingerprint density at radius 1 is 1.24 bits per heavy atom. The Balaban J connectivity index is 1.94. The normalized spacial score (nSPS) is 14.9. The van der Waals surface area contributed by atoms with E-state index in [9.17, 15) is 9.18 Å². The van der Waals surface area contributed by atoms with Gasteiger partial charge < -0.3 is 15.0 Å². The summed E-state index contributed by atoms with van der Waals surface area (Å²) >= 11 is 6.35. The number of carbonyl (C=O) groups is 1. The van der Waals surface area contributed by atoms with Crippen LogP contribution >= 0.6 is 11.6 Å². The molecular weight excluding hydrogens is 343 g/mol. The number of ether oxygens (including phenoxy) is 1. The molecule has 0 unspecified atom stereocenters. The minimum absolute atomic E-state index is 0.287. The average Bonchev–Trinajstić information content (AvgIpc) is 3.04. The monoisotopic (exact) mass is 356 g/mol. The Labute approximate surface area is 148 Å². The molecule has 4 nitrogen and oxygen atoms in total. The fourth-order valence-corrected chi connectivity index (χ4v) is 3.39. The molecule has 0 fully saturated rings. The highest BCUT2D eigenvalue weighted by molar-refractivity contribution is 6.38. The van der Waals surface area contributed by atoms with Crippen LogP contribution in [0.5, 0.6) is 5.75 Å². The Bertz CT molecular complexity index is 1070. The van der Waals surface area contributed by atoms with E-state index < -0.39 is 5.82 Å². The molecule has 0 atom stereocenters. The van der Waals surface area contributed by atoms with Gasteiger partial charge in [-0.3, -0.25) is 4.79 Å². The minimum atomic E-state index is -0.400. The molecule has 0 saturated carbocycles. The molecule has 2 N–H and O–H groups in total. The van der Waals surface area contributed by atoms with Crippen LogP contribution in [0.25, 0.3) is 22.6 Å². The van der Waals surface area contributed by atoms with Crippen molar-refractivity contribution in [3.63, 3.8) is 0 Å². The second kappa shape index (κ2) is 5.63. The van der Waals surface area contributed by atoms with Gasteiger partial charge in [0.2, 0.25) is 0 Å². The van der Waals surface area contributed by atoms with Gasteiger partial charge in [0.05, 0.1) is 7.11 Å². The van der Waals surface area contributed by atoms with Crippen LogP contribution in [0.4, 0.5) is 10.1 Å². The molecule has 25 heavy (non-hydrogen) atoms. The van der Waals surface area contributed by atoms with E-state index in [0.29, 0.717) is 27.5 Å². The first kappa shape index (κ1) is 15.7. The smallest absolute Gasteiger partial charge is 0.256 e. The molecule has 126 valence electrons. The minimum Gasteiger partial charge on any atom is -0.496 e. The molecule has 1 amide bonds. The molecule has 2 aromatic carbocycles. The number of rotatable bonds is 2. The van der Waals surface area contributed by atoms with E-state index in [0.717, 1.165) is 22.2 Å². The van der Waals surface area contributed by atoms with Gasteiger partial charge in [-0.15, -0.1) is 0 Å². The molecule has 1 aliphatic rings. The number of fused-ring (bicyclic) bond motifs is 2. The van der Waals surface area contributed by atoms with Gasteiger partial charge in [0.25, 0.3) is 5.91 Å². The van der Waals surface area contributed by atoms with Crippen LogP contribution in [0.1, 0.15) is 16.7 Å². The van der Waals surface area contributed by atoms with E-state index in [4.69, 9.17) is 16.3 Å². The number of aromatic amines is 1. The first-order valence-electron chi connectivity index (χ1n) is 7.66. The molecule has 2 heterocycles. The molecule has 0 radical (unpaired) electrons. The lowest BCUT2D eigenvalue weighted by molar-refractivity contribution is -0.110. The summed E-state index contributed by atoms with van der Waals surface area (Å²) in [6.07, 6.45) is 1.68. The van der Waals surface area contributed by atoms with Crippen molar-refractivity contribution in [3.8, 4) is 5.75 Å². The maximum absolute atomic E-state index is 13.6. The molecule has 0 spiro atoms. The number of nitrogens with one attached hydrogen (secondary N) is 2. The Morgan fingerprint density at radius 3 is 2.80 bits per heavy atom. The molecule has 0 bridgehead atoms. The second-order valence-corrected chi connectivity index (χ2v) is 6.30. The van der Waals surface area contributed by atoms with E-state index in [1.807, 2.05) is 19.1 Å². The number of aromatic nitrogens is 1. The van der Waals surface area contributed by atoms with Crippen molar-refractivity contribution in [2.75, 3.05) is 12.4 Å². The van der Waals surface area contributed by atoms with Crippen molar-refractivity contribution in [1.29, 1.82) is 0 Å². The van der Waals surface area contributed by atoms with Crippen molar-refractivity contribution in [2.24, 2.45) is 0 Å². The summed E-state index contributed by atoms with van der Waals surface area (Å²) in [5.74, 6) is 0.0405. The van der Waals surface area contributed by atoms with E-state index in [2.05, 4.69) is 10.3 Å². The summed E-state index contributed by atoms with van der Waals surface area (Å²) in [4.78, 5) is 15.4. The van der Waals surface area contributed by atoms with Gasteiger partial charge in [-0.05, 0) is 48.9 Å². The number of hydrogen-bond donors (Lipinski definition) is 2. The fourth-order valence-electron chi connectivity index (χ4n) is 3.13. The molecule has 1 aromatic heterocycles. The fraction of sp³-hybridized carbons (Fsp3) is 0.105. The first-order valence-corrected chi connectivity index (χ1v) is 8.04. The highest BCUT2D eigenvalue weighted by Crippen LogP contribution is 2.38. The summed E-state index contributed by atoms with van der Waals surface area (Å²) in [5.41, 5.74) is 3.96. The molecule has 0 aliphatic carbocycles. The van der Waals surface area contributed by atoms with Crippen LogP contribution in [0.15, 0.2) is 30.3 Å². The van der Waals surface area contributed by atoms with Gasteiger partial charge in [-0.2, -0.15) is 0 Å². The molecular formula is C19H14ClFN2O2. The molecule has 1 aliphatic heterocycles. The van der Waals surface area contributed by atoms with Gasteiger partial charge in [0, 0.05) is 33.3 Å². The van der Waals surface area contributed by atoms with Crippen LogP contribution in [-0.2, 0) is 4.79 Å². The van der Waals surface area contributed by atoms with Gasteiger partial charge in [-0.1, -0.05) is 11.6 Å². The Kier molecular flexibility index (Phi) is 3.54. The molecule has 6 heteroatoms. The zero-order valence-electron chi connectivity index (χ0n) is 13.5. The lowest BCUT2D eigenvalue weighted by atomic mass is 10.0. The predicted molar refractivity (Wildman–Crippen MR) is 97.5 cm³/mol. The van der Waals surface area contributed by atoms with Crippen LogP contribution in [0.2, 0.25) is 5.15 Å². The predicted octanol–water partition coefficient (Wildman–Crippen LogP) is 4.77. The van der Waals surface area contributed by atoms with E-state index >= 15 is 0 Å². The number of aryl methyl sites for hydroxylation is 1. The van der Waals surface area contributed by atoms with Gasteiger partial charge in [0.1, 0.15) is 16.7 Å². The lowest BCUT2D eigenvalue weighted by Gasteiger charge is -2.05. The molecule has 3 aromatic rings. The van der Waals surface area contributed by atoms with Gasteiger partial charge in [-0.25, -0.2) is 4.39 Å². The van der Waals surface area contributed by atoms with Gasteiger partial charge >= 0.3 is 0 Å². The lowest BCUT2D eigenvalue weighted by Crippen LogP contribution is -2.03. The summed E-state index contributed by atoms with van der Waals surface area (Å²) in [7, 11) is 1.60. The van der Waals surface area contributed by atoms with Crippen molar-refractivity contribution in [3.05, 3.63) is 58.0 Å². The van der Waals surface area contributed by atoms with Crippen molar-refractivity contribution in [1.82, 2.24) is 4.98 Å². The van der Waals surface area contributed by atoms with E-state index in [-0.39, 0.29) is 5.91 Å². The van der Waals surface area contributed by atoms with Gasteiger partial charge in [0.15, 0.2) is 0 Å². The highest BCUT2D eigenvalue weighted by atomic mass is 35.5. The van der Waals surface area contributed by atoms with Crippen LogP contribution in [0.3, 0.4) is 0 Å². The summed E-state index contributed by atoms with van der Waals surface area (Å²) in [6, 6.07) is 8.01. The third-order valence-electron chi connectivity index (χ3n) is 4.36. The molecule has 4 rings (SSSR count). The third kappa shape index (κ3) is 2.48. The van der Waals surface area contributed by atoms with Crippen molar-refractivity contribution >= 4 is 45.7 Å². The second-order valence-electron chi connectivity index (χ2n) is 5.92. The van der Waals surface area contributed by atoms with Crippen LogP contribution in [-0.4, -0.2) is 18.0 Å². The number of hydrogen-bond acceptors (Lipinski definition) is 2. The summed E-state index contributed by atoms with van der Waals surface area (Å²) < 4.78 is 19.0. The number of halogens is 2. The number of benzene rings is 2. The van der Waals surface area contributed by atoms with Crippen LogP contribution < -0.4 is 10.1 Å². The Hall–Kier alpha value is -2.79. The van der Waals surface area contributed by atoms with Crippen LogP contribution in [0, 0.1) is 12.7 Å². The van der Waals surface area contributed by atoms with Crippen molar-refractivity contribution < 1.29 is 13.9 Å². The molecule has 0 saturated heterocycles. The SMILES string of the molecule is COc1cc2c(/C=C3/C(=O)Nc4ccc(F)cc43)c(Cl)[nH]c2cc1C. The zero-order chi connectivity index (χ0) is 17.7. The third-order valence-corrected chi connectivity index (χ3v) is 4.66. The summed E-state index contributed by atoms with van der Waals surface area (Å²) in [6.45, 7) is 1.94. The number of carbonyl (C=O) groups excluding carboxylic acids is 1. The summed E-state index contributed by atoms with van der Waals surface area (Å²) in [5, 5.41) is 3.98. The maximum Gasteiger partial charge on any atom is 0.256 e. The Morgan fingerprint density at radius 2 is 2.04 bits per heavy atom. The standard InChI is InChI=1S/C19H14ClFN2O2/c1-9-5-16-12(8-17(9)25-2)13(18(20)22-16)7-14-11-6-10(21)3-4-15(11)23-19(14)24/h3-8,22H,1-2H3,(H,23,24)/b14-7+. The first-order chi connectivity index (χ1) is 12.0. The number of methoxy groups -OCH3 is 1.